The lowest BCUT2D eigenvalue weighted by molar-refractivity contribution is -0.896. The van der Waals surface area contributed by atoms with E-state index in [1.165, 1.54) is 4.90 Å². The molecule has 1 unspecified atom stereocenters. The van der Waals surface area contributed by atoms with Crippen molar-refractivity contribution >= 4 is 17.4 Å². The number of Topliss-reactive ketones (excluding diaryl/α,β-unsaturated/α-hetero) is 1. The summed E-state index contributed by atoms with van der Waals surface area (Å²) in [5, 5.41) is 13.6. The zero-order chi connectivity index (χ0) is 26.9. The van der Waals surface area contributed by atoms with Gasteiger partial charge >= 0.3 is 0 Å². The van der Waals surface area contributed by atoms with Gasteiger partial charge in [-0.2, -0.15) is 0 Å². The summed E-state index contributed by atoms with van der Waals surface area (Å²) in [5.41, 5.74) is 1.08. The highest BCUT2D eigenvalue weighted by Crippen LogP contribution is 2.39. The smallest absolute Gasteiger partial charge is 0.295 e. The third-order valence-electron chi connectivity index (χ3n) is 6.62. The zero-order valence-corrected chi connectivity index (χ0v) is 22.7. The Balaban J connectivity index is 1.98. The van der Waals surface area contributed by atoms with Crippen LogP contribution < -0.4 is 19.5 Å². The first-order valence-electron chi connectivity index (χ1n) is 13.4. The maximum absolute atomic E-state index is 13.6. The van der Waals surface area contributed by atoms with E-state index < -0.39 is 23.5 Å². The van der Waals surface area contributed by atoms with Crippen LogP contribution in [0.5, 0.6) is 11.5 Å². The topological polar surface area (TPSA) is 83.3 Å². The standard InChI is InChI=1S/C30H40N2O5/c1-6-20-36-24-14-12-23(13-15-24)28(33)26-27(22-10-16-25(17-11-22)37-21(4)5)32(30(35)29(26)34)19-9-18-31(7-2)8-3/h10-17,21,27,33H,6-9,18-20H2,1-5H3/b28-26+. The van der Waals surface area contributed by atoms with Crippen LogP contribution in [-0.4, -0.2) is 55.5 Å². The second kappa shape index (κ2) is 13.3. The molecule has 1 fully saturated rings. The van der Waals surface area contributed by atoms with Crippen molar-refractivity contribution in [1.82, 2.24) is 4.90 Å². The van der Waals surface area contributed by atoms with Crippen molar-refractivity contribution in [3.05, 3.63) is 65.2 Å². The monoisotopic (exact) mass is 508 g/mol. The van der Waals surface area contributed by atoms with E-state index in [9.17, 15) is 14.7 Å². The van der Waals surface area contributed by atoms with Crippen molar-refractivity contribution in [2.24, 2.45) is 0 Å². The van der Waals surface area contributed by atoms with Gasteiger partial charge in [0.1, 0.15) is 11.5 Å². The van der Waals surface area contributed by atoms with Gasteiger partial charge in [-0.25, -0.2) is 0 Å². The Morgan fingerprint density at radius 1 is 0.973 bits per heavy atom. The molecule has 0 aliphatic carbocycles. The number of amides is 1. The number of carbonyl (C=O) groups is 2. The summed E-state index contributed by atoms with van der Waals surface area (Å²) in [7, 11) is 0. The number of hydrogen-bond acceptors (Lipinski definition) is 5. The Morgan fingerprint density at radius 2 is 1.59 bits per heavy atom. The fraction of sp³-hybridized carbons (Fsp3) is 0.467. The number of ether oxygens (including phenoxy) is 2. The molecule has 0 bridgehead atoms. The lowest BCUT2D eigenvalue weighted by Gasteiger charge is -2.28. The molecule has 7 heteroatoms. The van der Waals surface area contributed by atoms with Gasteiger partial charge in [0.15, 0.2) is 0 Å². The first kappa shape index (κ1) is 28.3. The summed E-state index contributed by atoms with van der Waals surface area (Å²) < 4.78 is 11.4. The van der Waals surface area contributed by atoms with Crippen molar-refractivity contribution in [3.63, 3.8) is 0 Å². The Hall–Kier alpha value is -3.32. The highest BCUT2D eigenvalue weighted by Gasteiger charge is 2.44. The van der Waals surface area contributed by atoms with Crippen LogP contribution in [0.3, 0.4) is 0 Å². The Labute approximate surface area is 220 Å². The lowest BCUT2D eigenvalue weighted by atomic mass is 9.95. The van der Waals surface area contributed by atoms with Gasteiger partial charge in [-0.15, -0.1) is 0 Å². The average molecular weight is 509 g/mol. The van der Waals surface area contributed by atoms with Gasteiger partial charge in [-0.05, 0) is 69.5 Å². The highest BCUT2D eigenvalue weighted by molar-refractivity contribution is 6.46. The first-order valence-corrected chi connectivity index (χ1v) is 13.4. The molecule has 1 N–H and O–H groups in total. The Kier molecular flexibility index (Phi) is 10.1. The van der Waals surface area contributed by atoms with E-state index in [1.54, 1.807) is 29.2 Å². The van der Waals surface area contributed by atoms with Gasteiger partial charge in [0, 0.05) is 18.5 Å². The largest absolute Gasteiger partial charge is 0.872 e. The summed E-state index contributed by atoms with van der Waals surface area (Å²) in [6.45, 7) is 14.1. The van der Waals surface area contributed by atoms with Crippen molar-refractivity contribution in [2.75, 3.05) is 32.8 Å². The van der Waals surface area contributed by atoms with Gasteiger partial charge in [-0.3, -0.25) is 9.59 Å². The van der Waals surface area contributed by atoms with Gasteiger partial charge < -0.3 is 24.4 Å². The lowest BCUT2D eigenvalue weighted by Crippen LogP contribution is -3.11. The van der Waals surface area contributed by atoms with Gasteiger partial charge in [0.05, 0.1) is 38.4 Å². The van der Waals surface area contributed by atoms with E-state index in [0.29, 0.717) is 30.2 Å². The number of nitrogens with one attached hydrogen (secondary N) is 1. The van der Waals surface area contributed by atoms with E-state index in [1.807, 2.05) is 45.0 Å². The quantitative estimate of drug-likeness (QED) is 0.256. The van der Waals surface area contributed by atoms with E-state index in [2.05, 4.69) is 13.8 Å². The molecule has 0 radical (unpaired) electrons. The third kappa shape index (κ3) is 6.92. The molecule has 37 heavy (non-hydrogen) atoms. The summed E-state index contributed by atoms with van der Waals surface area (Å²) >= 11 is 0. The van der Waals surface area contributed by atoms with Gasteiger partial charge in [0.2, 0.25) is 5.78 Å². The maximum Gasteiger partial charge on any atom is 0.295 e. The number of rotatable bonds is 13. The van der Waals surface area contributed by atoms with Gasteiger partial charge in [-0.1, -0.05) is 36.9 Å². The number of hydrogen-bond donors (Lipinski definition) is 1. The fourth-order valence-electron chi connectivity index (χ4n) is 4.63. The van der Waals surface area contributed by atoms with Crippen LogP contribution in [0.15, 0.2) is 54.1 Å². The number of benzene rings is 2. The molecular weight excluding hydrogens is 468 g/mol. The van der Waals surface area contributed by atoms with Crippen LogP contribution in [0, 0.1) is 0 Å². The van der Waals surface area contributed by atoms with Crippen LogP contribution in [0.2, 0.25) is 0 Å². The molecule has 2 aromatic rings. The minimum absolute atomic E-state index is 0.0000550. The summed E-state index contributed by atoms with van der Waals surface area (Å²) in [4.78, 5) is 29.4. The zero-order valence-electron chi connectivity index (χ0n) is 22.7. The van der Waals surface area contributed by atoms with Crippen LogP contribution in [0.25, 0.3) is 5.76 Å². The number of ketones is 1. The van der Waals surface area contributed by atoms with Crippen LogP contribution in [-0.2, 0) is 9.59 Å². The van der Waals surface area contributed by atoms with Crippen LogP contribution in [0.4, 0.5) is 0 Å². The number of carbonyl (C=O) groups excluding carboxylic acids is 2. The first-order chi connectivity index (χ1) is 17.8. The SMILES string of the molecule is CCCOc1ccc(/C([O-])=C2\C(=O)C(=O)N(CCC[NH+](CC)CC)C2c2ccc(OC(C)C)cc2)cc1. The molecule has 0 saturated carbocycles. The van der Waals surface area contributed by atoms with Crippen molar-refractivity contribution < 1.29 is 29.1 Å². The molecule has 0 aromatic heterocycles. The predicted molar refractivity (Wildman–Crippen MR) is 142 cm³/mol. The van der Waals surface area contributed by atoms with Crippen molar-refractivity contribution in [1.29, 1.82) is 0 Å². The predicted octanol–water partition coefficient (Wildman–Crippen LogP) is 2.80. The molecule has 0 spiro atoms. The molecular formula is C30H40N2O5. The van der Waals surface area contributed by atoms with Crippen LogP contribution in [0.1, 0.15) is 64.6 Å². The van der Waals surface area contributed by atoms with E-state index >= 15 is 0 Å². The number of quaternary nitrogens is 1. The molecule has 1 atom stereocenters. The second-order valence-corrected chi connectivity index (χ2v) is 9.64. The molecule has 1 heterocycles. The van der Waals surface area contributed by atoms with Crippen LogP contribution >= 0.6 is 0 Å². The average Bonchev–Trinajstić information content (AvgIpc) is 3.15. The molecule has 1 saturated heterocycles. The highest BCUT2D eigenvalue weighted by atomic mass is 16.5. The molecule has 200 valence electrons. The fourth-order valence-corrected chi connectivity index (χ4v) is 4.63. The van der Waals surface area contributed by atoms with Crippen molar-refractivity contribution in [3.8, 4) is 11.5 Å². The number of nitrogens with zero attached hydrogens (tertiary/aromatic N) is 1. The third-order valence-corrected chi connectivity index (χ3v) is 6.62. The van der Waals surface area contributed by atoms with Gasteiger partial charge in [0.25, 0.3) is 5.91 Å². The molecule has 1 aliphatic heterocycles. The Morgan fingerprint density at radius 3 is 2.16 bits per heavy atom. The summed E-state index contributed by atoms with van der Waals surface area (Å²) in [6, 6.07) is 13.3. The van der Waals surface area contributed by atoms with Crippen molar-refractivity contribution in [2.45, 2.75) is 59.6 Å². The molecule has 1 amide bonds. The molecule has 3 rings (SSSR count). The van der Waals surface area contributed by atoms with E-state index in [0.717, 1.165) is 38.0 Å². The summed E-state index contributed by atoms with van der Waals surface area (Å²) in [5.74, 6) is -0.409. The molecule has 2 aromatic carbocycles. The second-order valence-electron chi connectivity index (χ2n) is 9.64. The molecule has 7 nitrogen and oxygen atoms in total. The number of likely N-dealkylation sites (tertiary alicyclic amines) is 1. The van der Waals surface area contributed by atoms with E-state index in [-0.39, 0.29) is 11.7 Å². The van der Waals surface area contributed by atoms with E-state index in [4.69, 9.17) is 9.47 Å². The normalized spacial score (nSPS) is 17.2. The summed E-state index contributed by atoms with van der Waals surface area (Å²) in [6.07, 6.45) is 1.64. The maximum atomic E-state index is 13.6. The minimum atomic E-state index is -0.733. The molecule has 1 aliphatic rings. The minimum Gasteiger partial charge on any atom is -0.872 e. The Bertz CT molecular complexity index is 1070.